The zero-order valence-corrected chi connectivity index (χ0v) is 10.1. The zero-order chi connectivity index (χ0) is 12.9. The Morgan fingerprint density at radius 2 is 1.94 bits per heavy atom. The van der Waals surface area contributed by atoms with E-state index in [-0.39, 0.29) is 12.3 Å². The fourth-order valence-corrected chi connectivity index (χ4v) is 2.38. The summed E-state index contributed by atoms with van der Waals surface area (Å²) in [6.07, 6.45) is 0. The number of rotatable bonds is 4. The van der Waals surface area contributed by atoms with Gasteiger partial charge in [-0.25, -0.2) is 8.42 Å². The summed E-state index contributed by atoms with van der Waals surface area (Å²) in [5.41, 5.74) is 0.779. The minimum absolute atomic E-state index is 0.197. The monoisotopic (exact) mass is 249 g/mol. The largest absolute Gasteiger partial charge is 0.219 e. The van der Waals surface area contributed by atoms with Crippen LogP contribution in [0.4, 0.5) is 0 Å². The zero-order valence-electron chi connectivity index (χ0n) is 9.29. The molecule has 1 rings (SSSR count). The lowest BCUT2D eigenvalue weighted by molar-refractivity contribution is 0.500. The van der Waals surface area contributed by atoms with Crippen molar-refractivity contribution in [3.05, 3.63) is 35.4 Å². The van der Waals surface area contributed by atoms with Crippen molar-refractivity contribution in [2.24, 2.45) is 0 Å². The van der Waals surface area contributed by atoms with E-state index in [0.717, 1.165) is 4.31 Å². The third-order valence-corrected chi connectivity index (χ3v) is 4.00. The number of hydrogen-bond donors (Lipinski definition) is 0. The van der Waals surface area contributed by atoms with Crippen LogP contribution in [0.15, 0.2) is 24.3 Å². The Morgan fingerprint density at radius 3 is 2.53 bits per heavy atom. The van der Waals surface area contributed by atoms with Gasteiger partial charge in [-0.1, -0.05) is 18.2 Å². The van der Waals surface area contributed by atoms with Gasteiger partial charge < -0.3 is 0 Å². The highest BCUT2D eigenvalue weighted by Crippen LogP contribution is 2.13. The van der Waals surface area contributed by atoms with E-state index in [1.807, 2.05) is 6.07 Å². The summed E-state index contributed by atoms with van der Waals surface area (Å²) in [4.78, 5) is 0. The van der Waals surface area contributed by atoms with Crippen molar-refractivity contribution in [2.75, 3.05) is 13.6 Å². The first-order chi connectivity index (χ1) is 8.01. The Hall–Kier alpha value is -1.89. The van der Waals surface area contributed by atoms with Gasteiger partial charge in [0.25, 0.3) is 0 Å². The molecule has 88 valence electrons. The topological polar surface area (TPSA) is 85.0 Å². The smallest absolute Gasteiger partial charge is 0.212 e. The third kappa shape index (κ3) is 3.28. The minimum Gasteiger partial charge on any atom is -0.212 e. The van der Waals surface area contributed by atoms with Gasteiger partial charge in [-0.2, -0.15) is 14.8 Å². The van der Waals surface area contributed by atoms with Gasteiger partial charge in [0.15, 0.2) is 0 Å². The minimum atomic E-state index is -3.55. The highest BCUT2D eigenvalue weighted by atomic mass is 32.2. The Morgan fingerprint density at radius 1 is 1.29 bits per heavy atom. The van der Waals surface area contributed by atoms with Crippen LogP contribution in [0, 0.1) is 22.7 Å². The first kappa shape index (κ1) is 13.2. The van der Waals surface area contributed by atoms with E-state index in [9.17, 15) is 8.42 Å². The Bertz CT molecular complexity index is 581. The van der Waals surface area contributed by atoms with Crippen LogP contribution in [0.2, 0.25) is 0 Å². The van der Waals surface area contributed by atoms with Gasteiger partial charge >= 0.3 is 0 Å². The second-order valence-corrected chi connectivity index (χ2v) is 5.52. The molecule has 0 saturated carbocycles. The van der Waals surface area contributed by atoms with Gasteiger partial charge in [-0.15, -0.1) is 0 Å². The molecule has 1 aromatic carbocycles. The van der Waals surface area contributed by atoms with E-state index in [0.29, 0.717) is 11.1 Å². The summed E-state index contributed by atoms with van der Waals surface area (Å²) in [5.74, 6) is -0.269. The number of hydrogen-bond acceptors (Lipinski definition) is 4. The number of benzene rings is 1. The van der Waals surface area contributed by atoms with Crippen LogP contribution in [0.3, 0.4) is 0 Å². The Balaban J connectivity index is 3.00. The normalized spacial score (nSPS) is 10.8. The number of nitrogens with zero attached hydrogens (tertiary/aromatic N) is 3. The molecule has 0 spiro atoms. The van der Waals surface area contributed by atoms with E-state index in [2.05, 4.69) is 0 Å². The predicted molar refractivity (Wildman–Crippen MR) is 62.0 cm³/mol. The second kappa shape index (κ2) is 5.44. The second-order valence-electron chi connectivity index (χ2n) is 3.44. The van der Waals surface area contributed by atoms with Gasteiger partial charge in [0.05, 0.1) is 23.5 Å². The summed E-state index contributed by atoms with van der Waals surface area (Å²) in [6, 6.07) is 10.2. The van der Waals surface area contributed by atoms with E-state index >= 15 is 0 Å². The first-order valence-corrected chi connectivity index (χ1v) is 6.41. The van der Waals surface area contributed by atoms with Crippen molar-refractivity contribution >= 4 is 10.0 Å². The maximum Gasteiger partial charge on any atom is 0.219 e. The molecule has 0 N–H and O–H groups in total. The van der Waals surface area contributed by atoms with Crippen LogP contribution < -0.4 is 0 Å². The molecule has 17 heavy (non-hydrogen) atoms. The Kier molecular flexibility index (Phi) is 4.22. The van der Waals surface area contributed by atoms with Crippen LogP contribution in [0.25, 0.3) is 0 Å². The van der Waals surface area contributed by atoms with Crippen LogP contribution in [-0.4, -0.2) is 26.3 Å². The summed E-state index contributed by atoms with van der Waals surface area (Å²) >= 11 is 0. The standard InChI is InChI=1S/C11H11N3O2S/c1-14(7-6-12)17(15,16)9-11-5-3-2-4-10(11)8-13/h2-5H,7,9H2,1H3. The molecule has 0 fully saturated rings. The molecule has 6 heteroatoms. The summed E-state index contributed by atoms with van der Waals surface area (Å²) in [6.45, 7) is -0.197. The maximum atomic E-state index is 11.8. The molecule has 0 aromatic heterocycles. The molecule has 0 aliphatic heterocycles. The number of nitriles is 2. The molecule has 0 radical (unpaired) electrons. The van der Waals surface area contributed by atoms with Gasteiger partial charge in [-0.05, 0) is 11.6 Å². The van der Waals surface area contributed by atoms with Crippen molar-refractivity contribution in [3.8, 4) is 12.1 Å². The maximum absolute atomic E-state index is 11.8. The average molecular weight is 249 g/mol. The molecule has 0 atom stereocenters. The van der Waals surface area contributed by atoms with Crippen LogP contribution in [-0.2, 0) is 15.8 Å². The Labute approximate surface area is 101 Å². The quantitative estimate of drug-likeness (QED) is 0.740. The predicted octanol–water partition coefficient (Wildman–Crippen LogP) is 0.843. The van der Waals surface area contributed by atoms with Gasteiger partial charge in [0.1, 0.15) is 6.54 Å². The van der Waals surface area contributed by atoms with E-state index in [1.165, 1.54) is 7.05 Å². The summed E-state index contributed by atoms with van der Waals surface area (Å²) in [7, 11) is -2.21. The van der Waals surface area contributed by atoms with E-state index in [4.69, 9.17) is 10.5 Å². The van der Waals surface area contributed by atoms with Crippen LogP contribution in [0.1, 0.15) is 11.1 Å². The first-order valence-electron chi connectivity index (χ1n) is 4.80. The fraction of sp³-hybridized carbons (Fsp3) is 0.273. The molecular weight excluding hydrogens is 238 g/mol. The summed E-state index contributed by atoms with van der Waals surface area (Å²) in [5, 5.41) is 17.3. The molecule has 0 aliphatic rings. The molecule has 0 amide bonds. The van der Waals surface area contributed by atoms with Gasteiger partial charge in [-0.3, -0.25) is 0 Å². The molecule has 0 saturated heterocycles. The van der Waals surface area contributed by atoms with Crippen molar-refractivity contribution in [1.82, 2.24) is 4.31 Å². The molecule has 5 nitrogen and oxygen atoms in total. The fourth-order valence-electron chi connectivity index (χ4n) is 1.26. The average Bonchev–Trinajstić information content (AvgIpc) is 2.29. The molecule has 0 heterocycles. The third-order valence-electron chi connectivity index (χ3n) is 2.24. The lowest BCUT2D eigenvalue weighted by Gasteiger charge is -2.13. The van der Waals surface area contributed by atoms with Crippen molar-refractivity contribution in [3.63, 3.8) is 0 Å². The lowest BCUT2D eigenvalue weighted by atomic mass is 10.1. The van der Waals surface area contributed by atoms with Gasteiger partial charge in [0.2, 0.25) is 10.0 Å². The highest BCUT2D eigenvalue weighted by Gasteiger charge is 2.19. The lowest BCUT2D eigenvalue weighted by Crippen LogP contribution is -2.28. The molecule has 1 aromatic rings. The van der Waals surface area contributed by atoms with Crippen LogP contribution >= 0.6 is 0 Å². The molecule has 0 unspecified atom stereocenters. The summed E-state index contributed by atoms with van der Waals surface area (Å²) < 4.78 is 24.6. The van der Waals surface area contributed by atoms with Gasteiger partial charge in [0, 0.05) is 7.05 Å². The van der Waals surface area contributed by atoms with Crippen molar-refractivity contribution in [1.29, 1.82) is 10.5 Å². The van der Waals surface area contributed by atoms with E-state index < -0.39 is 10.0 Å². The molecule has 0 bridgehead atoms. The molecule has 0 aliphatic carbocycles. The SMILES string of the molecule is CN(CC#N)S(=O)(=O)Cc1ccccc1C#N. The number of sulfonamides is 1. The van der Waals surface area contributed by atoms with Crippen molar-refractivity contribution < 1.29 is 8.42 Å². The van der Waals surface area contributed by atoms with E-state index in [1.54, 1.807) is 30.3 Å². The molecular formula is C11H11N3O2S. The van der Waals surface area contributed by atoms with Crippen LogP contribution in [0.5, 0.6) is 0 Å². The highest BCUT2D eigenvalue weighted by molar-refractivity contribution is 7.88. The van der Waals surface area contributed by atoms with Crippen molar-refractivity contribution in [2.45, 2.75) is 5.75 Å².